The molecule has 2 N–H and O–H groups in total. The Hall–Kier alpha value is -2.27. The third-order valence-electron chi connectivity index (χ3n) is 3.46. The molecule has 1 aromatic carbocycles. The summed E-state index contributed by atoms with van der Waals surface area (Å²) in [6.07, 6.45) is 0.770. The first-order valence-corrected chi connectivity index (χ1v) is 7.47. The standard InChI is InChI=1S/C16H16ClN3O2/c1-3-10-7-9(2)19-16(21)14(10)18-8-13-20-15-11(17)5-4-6-12(15)22-13/h4-7,18H,3,8H2,1-2H3,(H,19,21). The number of hydrogen-bond donors (Lipinski definition) is 2. The zero-order chi connectivity index (χ0) is 15.7. The summed E-state index contributed by atoms with van der Waals surface area (Å²) in [7, 11) is 0. The fourth-order valence-corrected chi connectivity index (χ4v) is 2.64. The van der Waals surface area contributed by atoms with Gasteiger partial charge in [-0.05, 0) is 37.1 Å². The van der Waals surface area contributed by atoms with Crippen LogP contribution in [0.4, 0.5) is 5.69 Å². The maximum Gasteiger partial charge on any atom is 0.271 e. The van der Waals surface area contributed by atoms with Crippen molar-refractivity contribution in [1.29, 1.82) is 0 Å². The van der Waals surface area contributed by atoms with E-state index in [-0.39, 0.29) is 5.56 Å². The molecule has 114 valence electrons. The molecule has 0 saturated heterocycles. The van der Waals surface area contributed by atoms with Crippen LogP contribution in [0.25, 0.3) is 11.1 Å². The molecule has 3 aromatic rings. The van der Waals surface area contributed by atoms with Crippen molar-refractivity contribution in [2.24, 2.45) is 0 Å². The van der Waals surface area contributed by atoms with Crippen molar-refractivity contribution < 1.29 is 4.42 Å². The first-order chi connectivity index (χ1) is 10.6. The molecule has 2 heterocycles. The maximum absolute atomic E-state index is 12.1. The normalized spacial score (nSPS) is 11.0. The largest absolute Gasteiger partial charge is 0.439 e. The number of para-hydroxylation sites is 1. The number of oxazole rings is 1. The van der Waals surface area contributed by atoms with Crippen molar-refractivity contribution in [2.45, 2.75) is 26.8 Å². The lowest BCUT2D eigenvalue weighted by Gasteiger charge is -2.09. The summed E-state index contributed by atoms with van der Waals surface area (Å²) in [5.74, 6) is 0.491. The van der Waals surface area contributed by atoms with Crippen LogP contribution in [-0.4, -0.2) is 9.97 Å². The van der Waals surface area contributed by atoms with Crippen LogP contribution in [0.2, 0.25) is 5.02 Å². The highest BCUT2D eigenvalue weighted by Gasteiger charge is 2.11. The highest BCUT2D eigenvalue weighted by molar-refractivity contribution is 6.34. The number of H-pyrrole nitrogens is 1. The van der Waals surface area contributed by atoms with E-state index in [0.717, 1.165) is 17.7 Å². The highest BCUT2D eigenvalue weighted by Crippen LogP contribution is 2.23. The van der Waals surface area contributed by atoms with Crippen LogP contribution in [0.1, 0.15) is 24.1 Å². The van der Waals surface area contributed by atoms with Gasteiger partial charge in [0.05, 0.1) is 11.6 Å². The third kappa shape index (κ3) is 2.72. The number of halogens is 1. The number of nitrogens with one attached hydrogen (secondary N) is 2. The van der Waals surface area contributed by atoms with Gasteiger partial charge in [-0.15, -0.1) is 0 Å². The number of nitrogens with zero attached hydrogens (tertiary/aromatic N) is 1. The van der Waals surface area contributed by atoms with E-state index in [2.05, 4.69) is 15.3 Å². The first kappa shape index (κ1) is 14.7. The van der Waals surface area contributed by atoms with Gasteiger partial charge in [0.15, 0.2) is 5.58 Å². The Bertz CT molecular complexity index is 883. The van der Waals surface area contributed by atoms with Crippen LogP contribution in [0.5, 0.6) is 0 Å². The lowest BCUT2D eigenvalue weighted by atomic mass is 10.1. The molecule has 6 heteroatoms. The predicted octanol–water partition coefficient (Wildman–Crippen LogP) is 3.65. The Morgan fingerprint density at radius 1 is 1.41 bits per heavy atom. The number of benzene rings is 1. The smallest absolute Gasteiger partial charge is 0.271 e. The molecule has 0 unspecified atom stereocenters. The van der Waals surface area contributed by atoms with Crippen LogP contribution >= 0.6 is 11.6 Å². The topological polar surface area (TPSA) is 70.9 Å². The number of aromatic nitrogens is 2. The van der Waals surface area contributed by atoms with Crippen LogP contribution in [0.3, 0.4) is 0 Å². The molecule has 0 amide bonds. The second-order valence-corrected chi connectivity index (χ2v) is 5.49. The molecule has 5 nitrogen and oxygen atoms in total. The van der Waals surface area contributed by atoms with Gasteiger partial charge in [-0.25, -0.2) is 4.98 Å². The Labute approximate surface area is 132 Å². The summed E-state index contributed by atoms with van der Waals surface area (Å²) in [6.45, 7) is 4.20. The van der Waals surface area contributed by atoms with Crippen LogP contribution in [0, 0.1) is 6.92 Å². The van der Waals surface area contributed by atoms with Crippen molar-refractivity contribution in [1.82, 2.24) is 9.97 Å². The van der Waals surface area contributed by atoms with Gasteiger partial charge in [0, 0.05) is 5.69 Å². The molecule has 22 heavy (non-hydrogen) atoms. The number of fused-ring (bicyclic) bond motifs is 1. The van der Waals surface area contributed by atoms with E-state index in [1.54, 1.807) is 6.07 Å². The zero-order valence-electron chi connectivity index (χ0n) is 12.4. The molecule has 0 saturated carbocycles. The van der Waals surface area contributed by atoms with Crippen molar-refractivity contribution in [3.63, 3.8) is 0 Å². The number of anilines is 1. The minimum atomic E-state index is -0.133. The molecular formula is C16H16ClN3O2. The number of rotatable bonds is 4. The van der Waals surface area contributed by atoms with Gasteiger partial charge in [0.2, 0.25) is 5.89 Å². The summed E-state index contributed by atoms with van der Waals surface area (Å²) in [5.41, 5.74) is 3.51. The summed E-state index contributed by atoms with van der Waals surface area (Å²) in [6, 6.07) is 7.36. The molecule has 2 aromatic heterocycles. The van der Waals surface area contributed by atoms with E-state index in [4.69, 9.17) is 16.0 Å². The van der Waals surface area contributed by atoms with E-state index >= 15 is 0 Å². The molecule has 0 aliphatic carbocycles. The van der Waals surface area contributed by atoms with Crippen LogP contribution < -0.4 is 10.9 Å². The molecule has 0 radical (unpaired) electrons. The summed E-state index contributed by atoms with van der Waals surface area (Å²) >= 11 is 6.08. The van der Waals surface area contributed by atoms with Gasteiger partial charge < -0.3 is 14.7 Å². The predicted molar refractivity (Wildman–Crippen MR) is 87.5 cm³/mol. The van der Waals surface area contributed by atoms with Gasteiger partial charge in [-0.2, -0.15) is 0 Å². The monoisotopic (exact) mass is 317 g/mol. The van der Waals surface area contributed by atoms with Crippen molar-refractivity contribution >= 4 is 28.4 Å². The van der Waals surface area contributed by atoms with E-state index in [1.807, 2.05) is 32.0 Å². The average molecular weight is 318 g/mol. The van der Waals surface area contributed by atoms with Crippen molar-refractivity contribution in [3.05, 3.63) is 56.8 Å². The molecular weight excluding hydrogens is 302 g/mol. The SMILES string of the molecule is CCc1cc(C)[nH]c(=O)c1NCc1nc2c(Cl)cccc2o1. The molecule has 0 aliphatic heterocycles. The van der Waals surface area contributed by atoms with Gasteiger partial charge in [0.1, 0.15) is 11.2 Å². The van der Waals surface area contributed by atoms with E-state index in [1.165, 1.54) is 0 Å². The van der Waals surface area contributed by atoms with Gasteiger partial charge in [-0.3, -0.25) is 4.79 Å². The van der Waals surface area contributed by atoms with Gasteiger partial charge in [-0.1, -0.05) is 24.6 Å². The fraction of sp³-hybridized carbons (Fsp3) is 0.250. The Balaban J connectivity index is 1.88. The average Bonchev–Trinajstić information content (AvgIpc) is 2.90. The van der Waals surface area contributed by atoms with Crippen LogP contribution in [-0.2, 0) is 13.0 Å². The number of hydrogen-bond acceptors (Lipinski definition) is 4. The highest BCUT2D eigenvalue weighted by atomic mass is 35.5. The summed E-state index contributed by atoms with van der Waals surface area (Å²) in [4.78, 5) is 19.2. The third-order valence-corrected chi connectivity index (χ3v) is 3.77. The zero-order valence-corrected chi connectivity index (χ0v) is 13.1. The number of pyridine rings is 1. The second kappa shape index (κ2) is 5.85. The Morgan fingerprint density at radius 3 is 2.95 bits per heavy atom. The Morgan fingerprint density at radius 2 is 2.23 bits per heavy atom. The molecule has 0 spiro atoms. The van der Waals surface area contributed by atoms with E-state index in [9.17, 15) is 4.79 Å². The maximum atomic E-state index is 12.1. The number of aromatic amines is 1. The lowest BCUT2D eigenvalue weighted by molar-refractivity contribution is 0.540. The van der Waals surface area contributed by atoms with Crippen molar-refractivity contribution in [2.75, 3.05) is 5.32 Å². The molecule has 0 fully saturated rings. The number of aryl methyl sites for hydroxylation is 2. The van der Waals surface area contributed by atoms with E-state index in [0.29, 0.717) is 34.2 Å². The van der Waals surface area contributed by atoms with Gasteiger partial charge >= 0.3 is 0 Å². The van der Waals surface area contributed by atoms with Crippen LogP contribution in [0.15, 0.2) is 33.5 Å². The summed E-state index contributed by atoms with van der Waals surface area (Å²) < 4.78 is 5.64. The minimum absolute atomic E-state index is 0.133. The molecule has 0 bridgehead atoms. The Kier molecular flexibility index (Phi) is 3.90. The second-order valence-electron chi connectivity index (χ2n) is 5.08. The fourth-order valence-electron chi connectivity index (χ4n) is 2.43. The first-order valence-electron chi connectivity index (χ1n) is 7.09. The summed E-state index contributed by atoms with van der Waals surface area (Å²) in [5, 5.41) is 3.66. The van der Waals surface area contributed by atoms with Gasteiger partial charge in [0.25, 0.3) is 5.56 Å². The lowest BCUT2D eigenvalue weighted by Crippen LogP contribution is -2.17. The van der Waals surface area contributed by atoms with E-state index < -0.39 is 0 Å². The molecule has 3 rings (SSSR count). The molecule has 0 aliphatic rings. The quantitative estimate of drug-likeness (QED) is 0.770. The molecule has 0 atom stereocenters. The van der Waals surface area contributed by atoms with Crippen molar-refractivity contribution in [3.8, 4) is 0 Å². The minimum Gasteiger partial charge on any atom is -0.439 e.